The van der Waals surface area contributed by atoms with Crippen LogP contribution >= 0.6 is 0 Å². The lowest BCUT2D eigenvalue weighted by molar-refractivity contribution is -0.140. The van der Waals surface area contributed by atoms with Gasteiger partial charge >= 0.3 is 5.97 Å². The Labute approximate surface area is 153 Å². The minimum Gasteiger partial charge on any atom is -0.493 e. The van der Waals surface area contributed by atoms with Crippen molar-refractivity contribution in [1.82, 2.24) is 4.90 Å². The molecule has 0 aliphatic carbocycles. The maximum absolute atomic E-state index is 12.5. The second kappa shape index (κ2) is 7.85. The van der Waals surface area contributed by atoms with Crippen LogP contribution in [0.5, 0.6) is 17.2 Å². The number of fused-ring (bicyclic) bond motifs is 1. The van der Waals surface area contributed by atoms with Crippen molar-refractivity contribution in [2.45, 2.75) is 45.2 Å². The lowest BCUT2D eigenvalue weighted by atomic mass is 9.97. The monoisotopic (exact) mass is 363 g/mol. The summed E-state index contributed by atoms with van der Waals surface area (Å²) in [6, 6.07) is 3.42. The zero-order valence-electron chi connectivity index (χ0n) is 15.4. The highest BCUT2D eigenvalue weighted by Crippen LogP contribution is 2.40. The fraction of sp³-hybridized carbons (Fsp3) is 0.579. The first-order valence-corrected chi connectivity index (χ1v) is 8.97. The van der Waals surface area contributed by atoms with Crippen LogP contribution in [-0.4, -0.2) is 55.8 Å². The molecule has 1 aromatic carbocycles. The Morgan fingerprint density at radius 2 is 1.85 bits per heavy atom. The van der Waals surface area contributed by atoms with E-state index in [4.69, 9.17) is 18.9 Å². The van der Waals surface area contributed by atoms with Gasteiger partial charge in [0.1, 0.15) is 13.2 Å². The summed E-state index contributed by atoms with van der Waals surface area (Å²) < 4.78 is 21.5. The molecule has 2 aliphatic heterocycles. The molecule has 0 aromatic heterocycles. The fourth-order valence-corrected chi connectivity index (χ4v) is 3.59. The molecule has 0 bridgehead atoms. The van der Waals surface area contributed by atoms with Crippen LogP contribution in [0.4, 0.5) is 0 Å². The molecule has 2 atom stereocenters. The molecule has 7 nitrogen and oxygen atoms in total. The van der Waals surface area contributed by atoms with Gasteiger partial charge in [-0.2, -0.15) is 0 Å². The molecule has 2 aliphatic rings. The summed E-state index contributed by atoms with van der Waals surface area (Å²) in [4.78, 5) is 26.7. The highest BCUT2D eigenvalue weighted by Gasteiger charge is 2.30. The second-order valence-corrected chi connectivity index (χ2v) is 6.71. The molecule has 2 heterocycles. The van der Waals surface area contributed by atoms with Crippen LogP contribution in [0.1, 0.15) is 43.5 Å². The van der Waals surface area contributed by atoms with E-state index in [1.807, 2.05) is 18.7 Å². The summed E-state index contributed by atoms with van der Waals surface area (Å²) in [5, 5.41) is 0. The highest BCUT2D eigenvalue weighted by atomic mass is 16.6. The van der Waals surface area contributed by atoms with Crippen LogP contribution in [0, 0.1) is 0 Å². The van der Waals surface area contributed by atoms with Crippen LogP contribution < -0.4 is 14.2 Å². The molecule has 1 fully saturated rings. The highest BCUT2D eigenvalue weighted by molar-refractivity contribution is 5.93. The van der Waals surface area contributed by atoms with E-state index >= 15 is 0 Å². The summed E-state index contributed by atoms with van der Waals surface area (Å²) in [6.45, 7) is 4.61. The topological polar surface area (TPSA) is 74.3 Å². The van der Waals surface area contributed by atoms with Gasteiger partial charge in [0.05, 0.1) is 12.7 Å². The van der Waals surface area contributed by atoms with Crippen molar-refractivity contribution >= 4 is 11.9 Å². The van der Waals surface area contributed by atoms with Crippen molar-refractivity contribution in [2.24, 2.45) is 0 Å². The minimum absolute atomic E-state index is 0.164. The number of benzene rings is 1. The number of ether oxygens (including phenoxy) is 4. The predicted octanol–water partition coefficient (Wildman–Crippen LogP) is 2.41. The molecule has 2 unspecified atom stereocenters. The van der Waals surface area contributed by atoms with Gasteiger partial charge in [0.2, 0.25) is 5.75 Å². The molecule has 0 saturated carbocycles. The first kappa shape index (κ1) is 18.4. The molecule has 0 N–H and O–H groups in total. The third-order valence-electron chi connectivity index (χ3n) is 4.87. The Hall–Kier alpha value is -2.44. The molecule has 3 rings (SSSR count). The van der Waals surface area contributed by atoms with Crippen molar-refractivity contribution in [2.75, 3.05) is 26.9 Å². The standard InChI is InChI=1S/C19H25NO6/c1-12-5-4-6-13(2)20(12)17(21)11-26-19(22)14-9-15(23-3)18-16(10-14)24-7-8-25-18/h9-10,12-13H,4-8,11H2,1-3H3. The van der Waals surface area contributed by atoms with E-state index in [0.29, 0.717) is 30.5 Å². The SMILES string of the molecule is COc1cc(C(=O)OCC(=O)N2C(C)CCCC2C)cc2c1OCCO2. The van der Waals surface area contributed by atoms with Gasteiger partial charge in [-0.3, -0.25) is 4.79 Å². The number of rotatable bonds is 4. The number of hydrogen-bond donors (Lipinski definition) is 0. The quantitative estimate of drug-likeness (QED) is 0.765. The number of likely N-dealkylation sites (tertiary alicyclic amines) is 1. The third kappa shape index (κ3) is 3.71. The Bertz CT molecular complexity index is 662. The fourth-order valence-electron chi connectivity index (χ4n) is 3.59. The first-order valence-electron chi connectivity index (χ1n) is 8.97. The summed E-state index contributed by atoms with van der Waals surface area (Å²) >= 11 is 0. The van der Waals surface area contributed by atoms with Gasteiger partial charge in [-0.15, -0.1) is 0 Å². The van der Waals surface area contributed by atoms with E-state index in [2.05, 4.69) is 0 Å². The van der Waals surface area contributed by atoms with E-state index in [-0.39, 0.29) is 30.2 Å². The van der Waals surface area contributed by atoms with Crippen LogP contribution in [0.2, 0.25) is 0 Å². The summed E-state index contributed by atoms with van der Waals surface area (Å²) in [6.07, 6.45) is 3.07. The van der Waals surface area contributed by atoms with Gasteiger partial charge in [-0.1, -0.05) is 0 Å². The van der Waals surface area contributed by atoms with Gasteiger partial charge in [0.25, 0.3) is 5.91 Å². The van der Waals surface area contributed by atoms with Crippen LogP contribution in [0.25, 0.3) is 0 Å². The van der Waals surface area contributed by atoms with E-state index in [0.717, 1.165) is 19.3 Å². The Morgan fingerprint density at radius 1 is 1.15 bits per heavy atom. The second-order valence-electron chi connectivity index (χ2n) is 6.71. The molecule has 1 amide bonds. The van der Waals surface area contributed by atoms with Crippen LogP contribution in [0.15, 0.2) is 12.1 Å². The average molecular weight is 363 g/mol. The molecular weight excluding hydrogens is 338 g/mol. The summed E-state index contributed by atoms with van der Waals surface area (Å²) in [5.74, 6) is 0.557. The number of amides is 1. The minimum atomic E-state index is -0.592. The molecule has 0 spiro atoms. The molecular formula is C19H25NO6. The number of esters is 1. The molecule has 1 saturated heterocycles. The lowest BCUT2D eigenvalue weighted by Crippen LogP contribution is -2.49. The smallest absolute Gasteiger partial charge is 0.338 e. The summed E-state index contributed by atoms with van der Waals surface area (Å²) in [7, 11) is 1.49. The lowest BCUT2D eigenvalue weighted by Gasteiger charge is -2.38. The van der Waals surface area contributed by atoms with E-state index < -0.39 is 5.97 Å². The number of hydrogen-bond acceptors (Lipinski definition) is 6. The largest absolute Gasteiger partial charge is 0.493 e. The molecule has 142 valence electrons. The van der Waals surface area contributed by atoms with Gasteiger partial charge in [0.15, 0.2) is 18.1 Å². The van der Waals surface area contributed by atoms with Gasteiger partial charge in [-0.05, 0) is 45.2 Å². The predicted molar refractivity (Wildman–Crippen MR) is 93.9 cm³/mol. The van der Waals surface area contributed by atoms with E-state index in [9.17, 15) is 9.59 Å². The van der Waals surface area contributed by atoms with E-state index in [1.165, 1.54) is 13.2 Å². The van der Waals surface area contributed by atoms with Gasteiger partial charge in [-0.25, -0.2) is 4.79 Å². The van der Waals surface area contributed by atoms with Crippen molar-refractivity contribution < 1.29 is 28.5 Å². The van der Waals surface area contributed by atoms with Gasteiger partial charge < -0.3 is 23.8 Å². The maximum Gasteiger partial charge on any atom is 0.338 e. The summed E-state index contributed by atoms with van der Waals surface area (Å²) in [5.41, 5.74) is 0.263. The zero-order chi connectivity index (χ0) is 18.7. The molecule has 26 heavy (non-hydrogen) atoms. The third-order valence-corrected chi connectivity index (χ3v) is 4.87. The molecule has 0 radical (unpaired) electrons. The number of methoxy groups -OCH3 is 1. The molecule has 1 aromatic rings. The van der Waals surface area contributed by atoms with Crippen molar-refractivity contribution in [3.05, 3.63) is 17.7 Å². The number of carbonyl (C=O) groups is 2. The van der Waals surface area contributed by atoms with Crippen molar-refractivity contribution in [3.8, 4) is 17.2 Å². The van der Waals surface area contributed by atoms with Crippen molar-refractivity contribution in [3.63, 3.8) is 0 Å². The number of nitrogens with zero attached hydrogens (tertiary/aromatic N) is 1. The van der Waals surface area contributed by atoms with E-state index in [1.54, 1.807) is 6.07 Å². The first-order chi connectivity index (χ1) is 12.5. The average Bonchev–Trinajstić information content (AvgIpc) is 2.65. The van der Waals surface area contributed by atoms with Crippen molar-refractivity contribution in [1.29, 1.82) is 0 Å². The maximum atomic E-state index is 12.5. The van der Waals surface area contributed by atoms with Crippen LogP contribution in [-0.2, 0) is 9.53 Å². The Balaban J connectivity index is 1.67. The van der Waals surface area contributed by atoms with Crippen LogP contribution in [0.3, 0.4) is 0 Å². The normalized spacial score (nSPS) is 21.9. The van der Waals surface area contributed by atoms with Gasteiger partial charge in [0, 0.05) is 12.1 Å². The number of piperidine rings is 1. The number of carbonyl (C=O) groups excluding carboxylic acids is 2. The Morgan fingerprint density at radius 3 is 2.54 bits per heavy atom. The molecule has 7 heteroatoms. The zero-order valence-corrected chi connectivity index (χ0v) is 15.4. The Kier molecular flexibility index (Phi) is 5.54.